The Hall–Kier alpha value is -4.36. The Morgan fingerprint density at radius 3 is 1.77 bits per heavy atom. The Morgan fingerprint density at radius 1 is 0.514 bits per heavy atom. The molecule has 0 atom stereocenters. The first kappa shape index (κ1) is 22.4. The molecule has 35 heavy (non-hydrogen) atoms. The first-order chi connectivity index (χ1) is 17.2. The third-order valence-corrected chi connectivity index (χ3v) is 6.39. The number of hydrogen-bond acceptors (Lipinski definition) is 1. The minimum Gasteiger partial charge on any atom is -0.355 e. The third kappa shape index (κ3) is 5.10. The van der Waals surface area contributed by atoms with Gasteiger partial charge < -0.3 is 5.32 Å². The van der Waals surface area contributed by atoms with Gasteiger partial charge in [-0.2, -0.15) is 0 Å². The topological polar surface area (TPSA) is 12.0 Å². The molecule has 0 aliphatic heterocycles. The standard InChI is InChI=1S/C34H29N/c1-25(27-13-5-3-6-14-27)23-30-19-12-22-34(32(30)24-26(2)28-15-7-4-8-16-28)35-33-21-11-18-29-17-9-10-20-31(29)33/h3-24,35H,1-2H3. The highest BCUT2D eigenvalue weighted by Crippen LogP contribution is 2.33. The molecule has 0 aromatic heterocycles. The smallest absolute Gasteiger partial charge is 0.0464 e. The number of benzene rings is 5. The molecule has 0 radical (unpaired) electrons. The van der Waals surface area contributed by atoms with Gasteiger partial charge in [-0.1, -0.05) is 115 Å². The summed E-state index contributed by atoms with van der Waals surface area (Å²) in [4.78, 5) is 0. The van der Waals surface area contributed by atoms with E-state index in [0.717, 1.165) is 11.4 Å². The monoisotopic (exact) mass is 451 g/mol. The average Bonchev–Trinajstić information content (AvgIpc) is 2.91. The number of allylic oxidation sites excluding steroid dienone is 2. The van der Waals surface area contributed by atoms with E-state index in [9.17, 15) is 0 Å². The molecule has 1 N–H and O–H groups in total. The van der Waals surface area contributed by atoms with E-state index in [-0.39, 0.29) is 0 Å². The van der Waals surface area contributed by atoms with Gasteiger partial charge in [0.25, 0.3) is 0 Å². The Bertz CT molecular complexity index is 1500. The molecule has 0 saturated heterocycles. The summed E-state index contributed by atoms with van der Waals surface area (Å²) < 4.78 is 0. The molecule has 0 unspecified atom stereocenters. The summed E-state index contributed by atoms with van der Waals surface area (Å²) in [5.41, 5.74) is 9.48. The van der Waals surface area contributed by atoms with Gasteiger partial charge in [-0.3, -0.25) is 0 Å². The Kier molecular flexibility index (Phi) is 6.59. The van der Waals surface area contributed by atoms with Crippen LogP contribution in [0.5, 0.6) is 0 Å². The molecule has 0 bridgehead atoms. The lowest BCUT2D eigenvalue weighted by atomic mass is 9.96. The lowest BCUT2D eigenvalue weighted by Gasteiger charge is -2.16. The molecule has 0 fully saturated rings. The van der Waals surface area contributed by atoms with Crippen LogP contribution in [0.1, 0.15) is 36.1 Å². The fourth-order valence-electron chi connectivity index (χ4n) is 4.48. The molecule has 0 saturated carbocycles. The first-order valence-corrected chi connectivity index (χ1v) is 12.0. The van der Waals surface area contributed by atoms with Crippen molar-refractivity contribution < 1.29 is 0 Å². The van der Waals surface area contributed by atoms with Crippen molar-refractivity contribution >= 4 is 45.4 Å². The molecule has 0 spiro atoms. The normalized spacial score (nSPS) is 12.1. The highest BCUT2D eigenvalue weighted by atomic mass is 14.9. The summed E-state index contributed by atoms with van der Waals surface area (Å²) in [6.07, 6.45) is 4.58. The summed E-state index contributed by atoms with van der Waals surface area (Å²) in [7, 11) is 0. The van der Waals surface area contributed by atoms with Crippen LogP contribution in [0.4, 0.5) is 11.4 Å². The third-order valence-electron chi connectivity index (χ3n) is 6.39. The Morgan fingerprint density at radius 2 is 1.06 bits per heavy atom. The van der Waals surface area contributed by atoms with Gasteiger partial charge in [-0.25, -0.2) is 0 Å². The Balaban J connectivity index is 1.64. The van der Waals surface area contributed by atoms with Gasteiger partial charge in [0.05, 0.1) is 0 Å². The van der Waals surface area contributed by atoms with Crippen LogP contribution in [0.25, 0.3) is 34.1 Å². The predicted octanol–water partition coefficient (Wildman–Crippen LogP) is 9.70. The van der Waals surface area contributed by atoms with Crippen LogP contribution in [0, 0.1) is 0 Å². The molecule has 0 aliphatic rings. The van der Waals surface area contributed by atoms with Crippen molar-refractivity contribution in [3.63, 3.8) is 0 Å². The number of hydrogen-bond donors (Lipinski definition) is 1. The highest BCUT2D eigenvalue weighted by Gasteiger charge is 2.09. The summed E-state index contributed by atoms with van der Waals surface area (Å²) in [5, 5.41) is 6.19. The van der Waals surface area contributed by atoms with E-state index in [1.54, 1.807) is 0 Å². The van der Waals surface area contributed by atoms with Gasteiger partial charge in [0.15, 0.2) is 0 Å². The zero-order valence-corrected chi connectivity index (χ0v) is 20.2. The van der Waals surface area contributed by atoms with Crippen LogP contribution in [0.15, 0.2) is 121 Å². The second kappa shape index (κ2) is 10.3. The summed E-state index contributed by atoms with van der Waals surface area (Å²) >= 11 is 0. The maximum absolute atomic E-state index is 3.75. The predicted molar refractivity (Wildman–Crippen MR) is 154 cm³/mol. The fourth-order valence-corrected chi connectivity index (χ4v) is 4.48. The molecule has 5 aromatic carbocycles. The highest BCUT2D eigenvalue weighted by molar-refractivity contribution is 5.98. The number of anilines is 2. The number of nitrogens with one attached hydrogen (secondary N) is 1. The molecule has 170 valence electrons. The zero-order valence-electron chi connectivity index (χ0n) is 20.2. The van der Waals surface area contributed by atoms with E-state index < -0.39 is 0 Å². The number of rotatable bonds is 6. The van der Waals surface area contributed by atoms with E-state index in [2.05, 4.69) is 153 Å². The molecule has 1 nitrogen and oxygen atoms in total. The van der Waals surface area contributed by atoms with Crippen LogP contribution in [-0.2, 0) is 0 Å². The van der Waals surface area contributed by atoms with E-state index in [4.69, 9.17) is 0 Å². The fraction of sp³-hybridized carbons (Fsp3) is 0.0588. The van der Waals surface area contributed by atoms with Crippen LogP contribution in [0.3, 0.4) is 0 Å². The lowest BCUT2D eigenvalue weighted by molar-refractivity contribution is 1.51. The summed E-state index contributed by atoms with van der Waals surface area (Å²) in [6.45, 7) is 4.36. The van der Waals surface area contributed by atoms with Crippen molar-refractivity contribution in [3.8, 4) is 0 Å². The molecule has 5 rings (SSSR count). The van der Waals surface area contributed by atoms with Gasteiger partial charge in [0.2, 0.25) is 0 Å². The second-order valence-corrected chi connectivity index (χ2v) is 8.85. The van der Waals surface area contributed by atoms with Crippen LogP contribution >= 0.6 is 0 Å². The van der Waals surface area contributed by atoms with Crippen molar-refractivity contribution in [2.75, 3.05) is 5.32 Å². The summed E-state index contributed by atoms with van der Waals surface area (Å²) in [6, 6.07) is 42.5. The lowest BCUT2D eigenvalue weighted by Crippen LogP contribution is -1.97. The van der Waals surface area contributed by atoms with Gasteiger partial charge in [-0.05, 0) is 65.3 Å². The SMILES string of the molecule is CC(=Cc1cccc(Nc2cccc3ccccc23)c1C=C(C)c1ccccc1)c1ccccc1. The first-order valence-electron chi connectivity index (χ1n) is 12.0. The van der Waals surface area contributed by atoms with E-state index >= 15 is 0 Å². The van der Waals surface area contributed by atoms with Crippen molar-refractivity contribution in [1.82, 2.24) is 0 Å². The van der Waals surface area contributed by atoms with Gasteiger partial charge >= 0.3 is 0 Å². The molecular weight excluding hydrogens is 422 g/mol. The van der Waals surface area contributed by atoms with E-state index in [0.29, 0.717) is 0 Å². The van der Waals surface area contributed by atoms with Crippen molar-refractivity contribution in [3.05, 3.63) is 144 Å². The van der Waals surface area contributed by atoms with Gasteiger partial charge in [-0.15, -0.1) is 0 Å². The van der Waals surface area contributed by atoms with Crippen molar-refractivity contribution in [2.45, 2.75) is 13.8 Å². The van der Waals surface area contributed by atoms with Crippen molar-refractivity contribution in [2.24, 2.45) is 0 Å². The maximum Gasteiger partial charge on any atom is 0.0464 e. The van der Waals surface area contributed by atoms with Gasteiger partial charge in [0.1, 0.15) is 0 Å². The zero-order chi connectivity index (χ0) is 24.0. The van der Waals surface area contributed by atoms with E-state index in [1.165, 1.54) is 44.2 Å². The second-order valence-electron chi connectivity index (χ2n) is 8.85. The van der Waals surface area contributed by atoms with Crippen LogP contribution in [-0.4, -0.2) is 0 Å². The molecular formula is C34H29N. The number of fused-ring (bicyclic) bond motifs is 1. The molecule has 5 aromatic rings. The van der Waals surface area contributed by atoms with Crippen LogP contribution < -0.4 is 5.32 Å². The quantitative estimate of drug-likeness (QED) is 0.253. The minimum absolute atomic E-state index is 1.09. The minimum atomic E-state index is 1.09. The molecule has 0 aliphatic carbocycles. The van der Waals surface area contributed by atoms with Crippen molar-refractivity contribution in [1.29, 1.82) is 0 Å². The van der Waals surface area contributed by atoms with E-state index in [1.807, 2.05) is 0 Å². The average molecular weight is 452 g/mol. The molecule has 0 amide bonds. The molecule has 0 heterocycles. The summed E-state index contributed by atoms with van der Waals surface area (Å²) in [5.74, 6) is 0. The maximum atomic E-state index is 3.75. The molecule has 1 heteroatoms. The largest absolute Gasteiger partial charge is 0.355 e. The van der Waals surface area contributed by atoms with Gasteiger partial charge in [0, 0.05) is 22.3 Å². The van der Waals surface area contributed by atoms with Crippen LogP contribution in [0.2, 0.25) is 0 Å². The Labute approximate surface area is 208 Å².